The molecule has 0 amide bonds. The van der Waals surface area contributed by atoms with Gasteiger partial charge < -0.3 is 15.1 Å². The van der Waals surface area contributed by atoms with Gasteiger partial charge in [0, 0.05) is 31.4 Å². The lowest BCUT2D eigenvalue weighted by molar-refractivity contribution is 0.253. The first-order valence-corrected chi connectivity index (χ1v) is 8.38. The van der Waals surface area contributed by atoms with Gasteiger partial charge in [-0.2, -0.15) is 0 Å². The zero-order valence-electron chi connectivity index (χ0n) is 13.7. The van der Waals surface area contributed by atoms with Crippen molar-refractivity contribution in [2.75, 3.05) is 32.1 Å². The zero-order chi connectivity index (χ0) is 14.8. The SMILES string of the molecule is Cc1cc(CNC2CC2)ccc1N(C)C1CCN(C)CC1. The van der Waals surface area contributed by atoms with Gasteiger partial charge in [0.25, 0.3) is 0 Å². The van der Waals surface area contributed by atoms with Crippen molar-refractivity contribution >= 4 is 5.69 Å². The maximum Gasteiger partial charge on any atom is 0.0396 e. The largest absolute Gasteiger partial charge is 0.371 e. The van der Waals surface area contributed by atoms with E-state index in [0.29, 0.717) is 6.04 Å². The number of rotatable bonds is 5. The van der Waals surface area contributed by atoms with Gasteiger partial charge in [0.05, 0.1) is 0 Å². The number of nitrogens with zero attached hydrogens (tertiary/aromatic N) is 2. The minimum absolute atomic E-state index is 0.690. The van der Waals surface area contributed by atoms with Crippen LogP contribution in [0.2, 0.25) is 0 Å². The molecule has 1 N–H and O–H groups in total. The Hall–Kier alpha value is -1.06. The fraction of sp³-hybridized carbons (Fsp3) is 0.667. The molecule has 1 aromatic rings. The van der Waals surface area contributed by atoms with Gasteiger partial charge in [-0.1, -0.05) is 12.1 Å². The lowest BCUT2D eigenvalue weighted by Crippen LogP contribution is -2.42. The van der Waals surface area contributed by atoms with Crippen LogP contribution < -0.4 is 10.2 Å². The lowest BCUT2D eigenvalue weighted by Gasteiger charge is -2.37. The fourth-order valence-corrected chi connectivity index (χ4v) is 3.35. The Morgan fingerprint density at radius 3 is 2.52 bits per heavy atom. The van der Waals surface area contributed by atoms with Crippen molar-refractivity contribution < 1.29 is 0 Å². The normalized spacial score (nSPS) is 20.7. The molecule has 1 aliphatic heterocycles. The molecule has 1 aromatic carbocycles. The molecule has 1 saturated heterocycles. The highest BCUT2D eigenvalue weighted by atomic mass is 15.2. The first kappa shape index (κ1) is 14.9. The van der Waals surface area contributed by atoms with Crippen molar-refractivity contribution in [1.29, 1.82) is 0 Å². The van der Waals surface area contributed by atoms with Crippen molar-refractivity contribution in [2.45, 2.75) is 51.2 Å². The summed E-state index contributed by atoms with van der Waals surface area (Å²) in [4.78, 5) is 4.93. The molecule has 3 nitrogen and oxygen atoms in total. The van der Waals surface area contributed by atoms with Crippen LogP contribution >= 0.6 is 0 Å². The van der Waals surface area contributed by atoms with E-state index in [9.17, 15) is 0 Å². The Kier molecular flexibility index (Phi) is 4.51. The third-order valence-corrected chi connectivity index (χ3v) is 5.05. The summed E-state index contributed by atoms with van der Waals surface area (Å²) in [6, 6.07) is 8.44. The quantitative estimate of drug-likeness (QED) is 0.898. The van der Waals surface area contributed by atoms with Crippen molar-refractivity contribution in [3.8, 4) is 0 Å². The van der Waals surface area contributed by atoms with Crippen molar-refractivity contribution in [3.05, 3.63) is 29.3 Å². The summed E-state index contributed by atoms with van der Waals surface area (Å²) < 4.78 is 0. The van der Waals surface area contributed by atoms with E-state index >= 15 is 0 Å². The summed E-state index contributed by atoms with van der Waals surface area (Å²) in [5.74, 6) is 0. The standard InChI is InChI=1S/C18H29N3/c1-14-12-15(13-19-16-5-6-16)4-7-18(14)21(3)17-8-10-20(2)11-9-17/h4,7,12,16-17,19H,5-6,8-11,13H2,1-3H3. The van der Waals surface area contributed by atoms with E-state index in [1.165, 1.54) is 55.6 Å². The third kappa shape index (κ3) is 3.78. The Balaban J connectivity index is 1.63. The van der Waals surface area contributed by atoms with Crippen LogP contribution in [0.15, 0.2) is 18.2 Å². The molecule has 2 fully saturated rings. The average Bonchev–Trinajstić information content (AvgIpc) is 3.29. The molecular weight excluding hydrogens is 258 g/mol. The molecule has 0 spiro atoms. The molecule has 0 bridgehead atoms. The van der Waals surface area contributed by atoms with E-state index in [0.717, 1.165) is 12.6 Å². The second kappa shape index (κ2) is 6.37. The predicted molar refractivity (Wildman–Crippen MR) is 90.0 cm³/mol. The Morgan fingerprint density at radius 1 is 1.19 bits per heavy atom. The first-order valence-electron chi connectivity index (χ1n) is 8.38. The zero-order valence-corrected chi connectivity index (χ0v) is 13.7. The van der Waals surface area contributed by atoms with Crippen LogP contribution in [-0.4, -0.2) is 44.2 Å². The second-order valence-electron chi connectivity index (χ2n) is 6.92. The van der Waals surface area contributed by atoms with Crippen LogP contribution in [0, 0.1) is 6.92 Å². The average molecular weight is 287 g/mol. The Morgan fingerprint density at radius 2 is 1.90 bits per heavy atom. The molecular formula is C18H29N3. The summed E-state index contributed by atoms with van der Waals surface area (Å²) >= 11 is 0. The second-order valence-corrected chi connectivity index (χ2v) is 6.92. The van der Waals surface area contributed by atoms with Gasteiger partial charge in [-0.3, -0.25) is 0 Å². The molecule has 1 heterocycles. The molecule has 21 heavy (non-hydrogen) atoms. The highest BCUT2D eigenvalue weighted by molar-refractivity contribution is 5.54. The highest BCUT2D eigenvalue weighted by Gasteiger charge is 2.22. The van der Waals surface area contributed by atoms with Crippen LogP contribution in [0.4, 0.5) is 5.69 Å². The molecule has 2 aliphatic rings. The van der Waals surface area contributed by atoms with Gasteiger partial charge in [-0.15, -0.1) is 0 Å². The molecule has 0 atom stereocenters. The number of piperidine rings is 1. The van der Waals surface area contributed by atoms with Gasteiger partial charge in [0.15, 0.2) is 0 Å². The Bertz CT molecular complexity index is 473. The topological polar surface area (TPSA) is 18.5 Å². The van der Waals surface area contributed by atoms with Crippen molar-refractivity contribution in [3.63, 3.8) is 0 Å². The van der Waals surface area contributed by atoms with Crippen LogP contribution in [0.5, 0.6) is 0 Å². The fourth-order valence-electron chi connectivity index (χ4n) is 3.35. The first-order chi connectivity index (χ1) is 10.1. The molecule has 3 heteroatoms. The smallest absolute Gasteiger partial charge is 0.0396 e. The molecule has 1 saturated carbocycles. The van der Waals surface area contributed by atoms with Gasteiger partial charge in [-0.05, 0) is 69.9 Å². The van der Waals surface area contributed by atoms with E-state index in [4.69, 9.17) is 0 Å². The van der Waals surface area contributed by atoms with E-state index in [2.05, 4.69) is 54.3 Å². The number of likely N-dealkylation sites (tertiary alicyclic amines) is 1. The van der Waals surface area contributed by atoms with Crippen molar-refractivity contribution in [1.82, 2.24) is 10.2 Å². The molecule has 0 aromatic heterocycles. The van der Waals surface area contributed by atoms with Crippen LogP contribution in [0.1, 0.15) is 36.8 Å². The number of anilines is 1. The maximum atomic E-state index is 3.60. The minimum atomic E-state index is 0.690. The summed E-state index contributed by atoms with van der Waals surface area (Å²) in [5, 5.41) is 3.60. The van der Waals surface area contributed by atoms with E-state index in [1.54, 1.807) is 0 Å². The van der Waals surface area contributed by atoms with Gasteiger partial charge in [0.1, 0.15) is 0 Å². The summed E-state index contributed by atoms with van der Waals surface area (Å²) in [5.41, 5.74) is 4.23. The number of benzene rings is 1. The number of aryl methyl sites for hydroxylation is 1. The van der Waals surface area contributed by atoms with E-state index < -0.39 is 0 Å². The molecule has 0 unspecified atom stereocenters. The molecule has 1 aliphatic carbocycles. The molecule has 3 rings (SSSR count). The van der Waals surface area contributed by atoms with E-state index in [-0.39, 0.29) is 0 Å². The molecule has 116 valence electrons. The van der Waals surface area contributed by atoms with Crippen LogP contribution in [0.25, 0.3) is 0 Å². The molecule has 0 radical (unpaired) electrons. The van der Waals surface area contributed by atoms with E-state index in [1.807, 2.05) is 0 Å². The number of hydrogen-bond donors (Lipinski definition) is 1. The predicted octanol–water partition coefficient (Wildman–Crippen LogP) is 2.78. The van der Waals surface area contributed by atoms with Gasteiger partial charge in [0.2, 0.25) is 0 Å². The summed E-state index contributed by atoms with van der Waals surface area (Å²) in [6.07, 6.45) is 5.26. The third-order valence-electron chi connectivity index (χ3n) is 5.05. The van der Waals surface area contributed by atoms with Gasteiger partial charge >= 0.3 is 0 Å². The number of nitrogens with one attached hydrogen (secondary N) is 1. The van der Waals surface area contributed by atoms with Crippen molar-refractivity contribution in [2.24, 2.45) is 0 Å². The maximum absolute atomic E-state index is 3.60. The number of hydrogen-bond acceptors (Lipinski definition) is 3. The van der Waals surface area contributed by atoms with Gasteiger partial charge in [-0.25, -0.2) is 0 Å². The summed E-state index contributed by atoms with van der Waals surface area (Å²) in [7, 11) is 4.49. The minimum Gasteiger partial charge on any atom is -0.371 e. The highest BCUT2D eigenvalue weighted by Crippen LogP contribution is 2.26. The van der Waals surface area contributed by atoms with Crippen LogP contribution in [0.3, 0.4) is 0 Å². The lowest BCUT2D eigenvalue weighted by atomic mass is 10.0. The Labute approximate surface area is 129 Å². The summed E-state index contributed by atoms with van der Waals surface area (Å²) in [6.45, 7) is 5.71. The monoisotopic (exact) mass is 287 g/mol. The van der Waals surface area contributed by atoms with Crippen LogP contribution in [-0.2, 0) is 6.54 Å².